The van der Waals surface area contributed by atoms with Crippen LogP contribution in [0.3, 0.4) is 0 Å². The van der Waals surface area contributed by atoms with Gasteiger partial charge in [-0.15, -0.1) is 11.6 Å². The minimum Gasteiger partial charge on any atom is -0.322 e. The maximum Gasteiger partial charge on any atom is 0.324 e. The number of imidazole rings is 1. The van der Waals surface area contributed by atoms with Crippen molar-refractivity contribution in [2.24, 2.45) is 0 Å². The van der Waals surface area contributed by atoms with E-state index in [-0.39, 0.29) is 34.7 Å². The lowest BCUT2D eigenvalue weighted by Gasteiger charge is -2.18. The van der Waals surface area contributed by atoms with Crippen molar-refractivity contribution in [3.8, 4) is 6.07 Å². The summed E-state index contributed by atoms with van der Waals surface area (Å²) in [6.45, 7) is -1.21. The van der Waals surface area contributed by atoms with Crippen LogP contribution in [0.5, 0.6) is 0 Å². The van der Waals surface area contributed by atoms with E-state index in [4.69, 9.17) is 16.9 Å². The maximum absolute atomic E-state index is 13.3. The van der Waals surface area contributed by atoms with Crippen LogP contribution in [0.4, 0.5) is 17.6 Å². The van der Waals surface area contributed by atoms with E-state index < -0.39 is 18.9 Å². The molecule has 2 rings (SSSR count). The van der Waals surface area contributed by atoms with Crippen LogP contribution in [0.2, 0.25) is 0 Å². The van der Waals surface area contributed by atoms with Gasteiger partial charge in [-0.2, -0.15) is 14.0 Å². The predicted octanol–water partition coefficient (Wildman–Crippen LogP) is 3.59. The lowest BCUT2D eigenvalue weighted by Crippen LogP contribution is -2.32. The van der Waals surface area contributed by atoms with Gasteiger partial charge in [0.15, 0.2) is 0 Å². The van der Waals surface area contributed by atoms with Gasteiger partial charge < -0.3 is 4.57 Å². The quantitative estimate of drug-likeness (QED) is 0.624. The summed E-state index contributed by atoms with van der Waals surface area (Å²) in [7, 11) is 0. The average Bonchev–Trinajstić information content (AvgIpc) is 2.76. The minimum absolute atomic E-state index is 0.103. The first-order chi connectivity index (χ1) is 9.90. The molecule has 0 N–H and O–H groups in total. The Morgan fingerprint density at radius 1 is 1.38 bits per heavy atom. The predicted molar refractivity (Wildman–Crippen MR) is 69.8 cm³/mol. The number of aromatic nitrogens is 2. The lowest BCUT2D eigenvalue weighted by atomic mass is 10.2. The third-order valence-corrected chi connectivity index (χ3v) is 3.17. The van der Waals surface area contributed by atoms with Crippen LogP contribution in [0, 0.1) is 11.3 Å². The summed E-state index contributed by atoms with van der Waals surface area (Å²) >= 11 is 5.59. The molecule has 0 fully saturated rings. The summed E-state index contributed by atoms with van der Waals surface area (Å²) in [5, 5.41) is 8.99. The molecular formula is C13H10ClF4N3. The Morgan fingerprint density at radius 2 is 2.10 bits per heavy atom. The molecule has 0 saturated heterocycles. The minimum atomic E-state index is -4.18. The van der Waals surface area contributed by atoms with Crippen LogP contribution in [-0.4, -0.2) is 27.8 Å². The Kier molecular flexibility index (Phi) is 4.37. The molecule has 0 aliphatic rings. The molecule has 0 saturated carbocycles. The standard InChI is InChI=1S/C13H10ClF4N3/c14-5-4-10-20-11-8(6-19)2-1-3-9(11)21(10)7-13(17,18)12(15)16/h1-3,12H,4-5,7H2. The topological polar surface area (TPSA) is 41.6 Å². The molecule has 21 heavy (non-hydrogen) atoms. The van der Waals surface area contributed by atoms with Gasteiger partial charge in [-0.1, -0.05) is 6.07 Å². The van der Waals surface area contributed by atoms with E-state index in [9.17, 15) is 17.6 Å². The van der Waals surface area contributed by atoms with Gasteiger partial charge in [0.25, 0.3) is 0 Å². The Morgan fingerprint density at radius 3 is 2.67 bits per heavy atom. The first-order valence-electron chi connectivity index (χ1n) is 6.01. The van der Waals surface area contributed by atoms with Gasteiger partial charge in [-0.3, -0.25) is 0 Å². The molecule has 112 valence electrons. The molecular weight excluding hydrogens is 310 g/mol. The fraction of sp³-hybridized carbons (Fsp3) is 0.385. The van der Waals surface area contributed by atoms with Gasteiger partial charge in [-0.05, 0) is 12.1 Å². The van der Waals surface area contributed by atoms with E-state index in [1.165, 1.54) is 18.2 Å². The zero-order valence-corrected chi connectivity index (χ0v) is 11.4. The Labute approximate surface area is 122 Å². The maximum atomic E-state index is 13.3. The van der Waals surface area contributed by atoms with Crippen molar-refractivity contribution in [2.45, 2.75) is 25.3 Å². The highest BCUT2D eigenvalue weighted by molar-refractivity contribution is 6.17. The van der Waals surface area contributed by atoms with Gasteiger partial charge >= 0.3 is 12.3 Å². The zero-order valence-electron chi connectivity index (χ0n) is 10.7. The molecule has 1 aromatic carbocycles. The highest BCUT2D eigenvalue weighted by Crippen LogP contribution is 2.29. The summed E-state index contributed by atoms with van der Waals surface area (Å²) in [4.78, 5) is 4.09. The molecule has 1 heterocycles. The normalized spacial score (nSPS) is 12.0. The lowest BCUT2D eigenvalue weighted by molar-refractivity contribution is -0.137. The van der Waals surface area contributed by atoms with Gasteiger partial charge in [0.2, 0.25) is 0 Å². The zero-order chi connectivity index (χ0) is 15.6. The molecule has 0 amide bonds. The second-order valence-electron chi connectivity index (χ2n) is 4.40. The molecule has 0 unspecified atom stereocenters. The number of aryl methyl sites for hydroxylation is 1. The van der Waals surface area contributed by atoms with Crippen LogP contribution in [0.15, 0.2) is 18.2 Å². The summed E-state index contributed by atoms with van der Waals surface area (Å²) in [5.74, 6) is -3.92. The number of hydrogen-bond acceptors (Lipinski definition) is 2. The number of para-hydroxylation sites is 1. The van der Waals surface area contributed by atoms with Crippen LogP contribution in [-0.2, 0) is 13.0 Å². The molecule has 0 aliphatic carbocycles. The Bertz CT molecular complexity index is 691. The number of benzene rings is 1. The largest absolute Gasteiger partial charge is 0.324 e. The molecule has 0 atom stereocenters. The van der Waals surface area contributed by atoms with E-state index in [2.05, 4.69) is 4.98 Å². The van der Waals surface area contributed by atoms with Gasteiger partial charge in [-0.25, -0.2) is 13.8 Å². The number of nitrogens with zero attached hydrogens (tertiary/aromatic N) is 3. The van der Waals surface area contributed by atoms with Crippen LogP contribution < -0.4 is 0 Å². The molecule has 3 nitrogen and oxygen atoms in total. The Hall–Kier alpha value is -1.81. The van der Waals surface area contributed by atoms with Crippen molar-refractivity contribution in [1.82, 2.24) is 9.55 Å². The number of alkyl halides is 5. The van der Waals surface area contributed by atoms with E-state index >= 15 is 0 Å². The number of hydrogen-bond donors (Lipinski definition) is 0. The molecule has 8 heteroatoms. The van der Waals surface area contributed by atoms with E-state index in [0.717, 1.165) is 4.57 Å². The van der Waals surface area contributed by atoms with Crippen molar-refractivity contribution in [1.29, 1.82) is 5.26 Å². The summed E-state index contributed by atoms with van der Waals surface area (Å²) < 4.78 is 52.5. The van der Waals surface area contributed by atoms with E-state index in [1.54, 1.807) is 0 Å². The van der Waals surface area contributed by atoms with E-state index in [1.807, 2.05) is 6.07 Å². The van der Waals surface area contributed by atoms with Gasteiger partial charge in [0, 0.05) is 12.3 Å². The summed E-state index contributed by atoms with van der Waals surface area (Å²) in [5.41, 5.74) is 0.627. The van der Waals surface area contributed by atoms with Crippen LogP contribution in [0.25, 0.3) is 11.0 Å². The second kappa shape index (κ2) is 5.90. The molecule has 2 aromatic rings. The monoisotopic (exact) mass is 319 g/mol. The first kappa shape index (κ1) is 15.6. The summed E-state index contributed by atoms with van der Waals surface area (Å²) in [6.07, 6.45) is -3.64. The average molecular weight is 320 g/mol. The third-order valence-electron chi connectivity index (χ3n) is 2.98. The first-order valence-corrected chi connectivity index (χ1v) is 6.54. The van der Waals surface area contributed by atoms with Crippen molar-refractivity contribution < 1.29 is 17.6 Å². The van der Waals surface area contributed by atoms with Crippen molar-refractivity contribution >= 4 is 22.6 Å². The highest BCUT2D eigenvalue weighted by Gasteiger charge is 2.42. The molecule has 0 bridgehead atoms. The number of fused-ring (bicyclic) bond motifs is 1. The Balaban J connectivity index is 2.60. The fourth-order valence-corrected chi connectivity index (χ4v) is 2.19. The number of rotatable bonds is 5. The fourth-order valence-electron chi connectivity index (χ4n) is 2.02. The highest BCUT2D eigenvalue weighted by atomic mass is 35.5. The van der Waals surface area contributed by atoms with Crippen LogP contribution in [0.1, 0.15) is 11.4 Å². The number of nitriles is 1. The second-order valence-corrected chi connectivity index (χ2v) is 4.78. The smallest absolute Gasteiger partial charge is 0.322 e. The third kappa shape index (κ3) is 2.95. The molecule has 0 aliphatic heterocycles. The van der Waals surface area contributed by atoms with Gasteiger partial charge in [0.1, 0.15) is 17.4 Å². The van der Waals surface area contributed by atoms with Crippen molar-refractivity contribution in [3.05, 3.63) is 29.6 Å². The number of halogens is 5. The van der Waals surface area contributed by atoms with Gasteiger partial charge in [0.05, 0.1) is 17.6 Å². The van der Waals surface area contributed by atoms with E-state index in [0.29, 0.717) is 0 Å². The molecule has 0 radical (unpaired) electrons. The molecule has 1 aromatic heterocycles. The van der Waals surface area contributed by atoms with Crippen LogP contribution >= 0.6 is 11.6 Å². The van der Waals surface area contributed by atoms with Crippen molar-refractivity contribution in [2.75, 3.05) is 5.88 Å². The van der Waals surface area contributed by atoms with Crippen molar-refractivity contribution in [3.63, 3.8) is 0 Å². The SMILES string of the molecule is N#Cc1cccc2c1nc(CCCl)n2CC(F)(F)C(F)F. The summed E-state index contributed by atoms with van der Waals surface area (Å²) in [6, 6.07) is 6.33. The molecule has 0 spiro atoms.